The molecule has 0 aliphatic carbocycles. The van der Waals surface area contributed by atoms with E-state index in [4.69, 9.17) is 11.6 Å². The van der Waals surface area contributed by atoms with Gasteiger partial charge in [0.2, 0.25) is 0 Å². The molecule has 1 aromatic heterocycles. The standard InChI is InChI=1S/C15H16BrClN2S/c1-9(2)14-10(3)18-13(19-15(14)17)8-20-12-6-4-11(16)5-7-12/h4-7,9H,8H2,1-3H3. The van der Waals surface area contributed by atoms with Crippen molar-refractivity contribution in [1.29, 1.82) is 0 Å². The molecule has 0 amide bonds. The highest BCUT2D eigenvalue weighted by molar-refractivity contribution is 9.10. The zero-order valence-corrected chi connectivity index (χ0v) is 14.8. The Kier molecular flexibility index (Phi) is 5.47. The molecule has 0 bridgehead atoms. The number of aromatic nitrogens is 2. The summed E-state index contributed by atoms with van der Waals surface area (Å²) in [6.07, 6.45) is 0. The van der Waals surface area contributed by atoms with E-state index in [1.807, 2.05) is 19.1 Å². The number of hydrogen-bond donors (Lipinski definition) is 0. The van der Waals surface area contributed by atoms with Crippen molar-refractivity contribution in [3.8, 4) is 0 Å². The highest BCUT2D eigenvalue weighted by Crippen LogP contribution is 2.27. The largest absolute Gasteiger partial charge is 0.237 e. The lowest BCUT2D eigenvalue weighted by molar-refractivity contribution is 0.817. The number of thioether (sulfide) groups is 1. The summed E-state index contributed by atoms with van der Waals surface area (Å²) in [4.78, 5) is 10.2. The molecule has 2 aromatic rings. The third-order valence-corrected chi connectivity index (χ3v) is 4.72. The Bertz CT molecular complexity index is 576. The van der Waals surface area contributed by atoms with Crippen molar-refractivity contribution < 1.29 is 0 Å². The van der Waals surface area contributed by atoms with E-state index < -0.39 is 0 Å². The zero-order chi connectivity index (χ0) is 14.7. The molecule has 0 saturated heterocycles. The minimum atomic E-state index is 0.343. The van der Waals surface area contributed by atoms with Crippen LogP contribution >= 0.6 is 39.3 Å². The predicted molar refractivity (Wildman–Crippen MR) is 89.6 cm³/mol. The molecule has 1 heterocycles. The first kappa shape index (κ1) is 15.8. The number of benzene rings is 1. The van der Waals surface area contributed by atoms with Gasteiger partial charge in [0.1, 0.15) is 11.0 Å². The van der Waals surface area contributed by atoms with Gasteiger partial charge in [-0.3, -0.25) is 0 Å². The van der Waals surface area contributed by atoms with E-state index in [0.29, 0.717) is 11.1 Å². The molecule has 5 heteroatoms. The van der Waals surface area contributed by atoms with E-state index in [1.165, 1.54) is 4.90 Å². The van der Waals surface area contributed by atoms with E-state index in [-0.39, 0.29) is 0 Å². The predicted octanol–water partition coefficient (Wildman–Crippen LogP) is 5.62. The fraction of sp³-hybridized carbons (Fsp3) is 0.333. The van der Waals surface area contributed by atoms with Crippen LogP contribution in [0.4, 0.5) is 0 Å². The Labute approximate surface area is 137 Å². The van der Waals surface area contributed by atoms with Gasteiger partial charge in [0, 0.05) is 20.6 Å². The van der Waals surface area contributed by atoms with Crippen LogP contribution in [0.15, 0.2) is 33.6 Å². The fourth-order valence-electron chi connectivity index (χ4n) is 2.00. The summed E-state index contributed by atoms with van der Waals surface area (Å²) < 4.78 is 1.08. The summed E-state index contributed by atoms with van der Waals surface area (Å²) in [7, 11) is 0. The van der Waals surface area contributed by atoms with Crippen molar-refractivity contribution in [1.82, 2.24) is 9.97 Å². The first-order chi connectivity index (χ1) is 9.47. The molecule has 0 aliphatic heterocycles. The first-order valence-corrected chi connectivity index (χ1v) is 8.54. The van der Waals surface area contributed by atoms with Gasteiger partial charge >= 0.3 is 0 Å². The van der Waals surface area contributed by atoms with Crippen molar-refractivity contribution in [3.63, 3.8) is 0 Å². The smallest absolute Gasteiger partial charge is 0.140 e. The molecule has 0 aliphatic rings. The van der Waals surface area contributed by atoms with Crippen LogP contribution in [0.2, 0.25) is 5.15 Å². The lowest BCUT2D eigenvalue weighted by Crippen LogP contribution is -2.03. The summed E-state index contributed by atoms with van der Waals surface area (Å²) in [5.74, 6) is 1.85. The first-order valence-electron chi connectivity index (χ1n) is 6.38. The maximum Gasteiger partial charge on any atom is 0.140 e. The van der Waals surface area contributed by atoms with Crippen LogP contribution in [0.3, 0.4) is 0 Å². The summed E-state index contributed by atoms with van der Waals surface area (Å²) in [6, 6.07) is 8.21. The van der Waals surface area contributed by atoms with Crippen LogP contribution in [0.5, 0.6) is 0 Å². The summed E-state index contributed by atoms with van der Waals surface area (Å²) in [5.41, 5.74) is 2.02. The number of halogens is 2. The van der Waals surface area contributed by atoms with Crippen molar-refractivity contribution in [3.05, 3.63) is 51.0 Å². The monoisotopic (exact) mass is 370 g/mol. The Hall–Kier alpha value is -0.580. The van der Waals surface area contributed by atoms with Crippen molar-refractivity contribution in [2.24, 2.45) is 0 Å². The zero-order valence-electron chi connectivity index (χ0n) is 11.7. The van der Waals surface area contributed by atoms with Gasteiger partial charge in [-0.05, 0) is 37.1 Å². The topological polar surface area (TPSA) is 25.8 Å². The van der Waals surface area contributed by atoms with Crippen LogP contribution < -0.4 is 0 Å². The third-order valence-electron chi connectivity index (χ3n) is 2.89. The summed E-state index contributed by atoms with van der Waals surface area (Å²) in [6.45, 7) is 6.21. The second-order valence-electron chi connectivity index (χ2n) is 4.83. The Balaban J connectivity index is 2.12. The second-order valence-corrected chi connectivity index (χ2v) is 7.15. The fourth-order valence-corrected chi connectivity index (χ4v) is 3.47. The molecule has 20 heavy (non-hydrogen) atoms. The Morgan fingerprint density at radius 2 is 1.85 bits per heavy atom. The van der Waals surface area contributed by atoms with Gasteiger partial charge in [-0.15, -0.1) is 11.8 Å². The molecule has 0 spiro atoms. The average molecular weight is 372 g/mol. The molecular weight excluding hydrogens is 356 g/mol. The molecule has 0 atom stereocenters. The van der Waals surface area contributed by atoms with Gasteiger partial charge in [0.15, 0.2) is 0 Å². The lowest BCUT2D eigenvalue weighted by atomic mass is 10.0. The maximum absolute atomic E-state index is 6.27. The summed E-state index contributed by atoms with van der Waals surface area (Å²) in [5, 5.41) is 0.582. The minimum absolute atomic E-state index is 0.343. The highest BCUT2D eigenvalue weighted by atomic mass is 79.9. The quantitative estimate of drug-likeness (QED) is 0.515. The molecule has 0 unspecified atom stereocenters. The molecule has 106 valence electrons. The number of nitrogens with zero attached hydrogens (tertiary/aromatic N) is 2. The molecule has 2 rings (SSSR count). The SMILES string of the molecule is Cc1nc(CSc2ccc(Br)cc2)nc(Cl)c1C(C)C. The Morgan fingerprint density at radius 3 is 2.40 bits per heavy atom. The van der Waals surface area contributed by atoms with Crippen LogP contribution in [0, 0.1) is 6.92 Å². The van der Waals surface area contributed by atoms with Gasteiger partial charge in [-0.2, -0.15) is 0 Å². The van der Waals surface area contributed by atoms with Crippen molar-refractivity contribution >= 4 is 39.3 Å². The normalized spacial score (nSPS) is 11.1. The van der Waals surface area contributed by atoms with E-state index in [0.717, 1.165) is 27.3 Å². The molecule has 0 N–H and O–H groups in total. The van der Waals surface area contributed by atoms with E-state index in [2.05, 4.69) is 51.9 Å². The number of rotatable bonds is 4. The highest BCUT2D eigenvalue weighted by Gasteiger charge is 2.13. The molecule has 0 radical (unpaired) electrons. The van der Waals surface area contributed by atoms with Gasteiger partial charge in [0.25, 0.3) is 0 Å². The van der Waals surface area contributed by atoms with Gasteiger partial charge in [-0.25, -0.2) is 9.97 Å². The minimum Gasteiger partial charge on any atom is -0.237 e. The maximum atomic E-state index is 6.27. The van der Waals surface area contributed by atoms with Crippen LogP contribution in [0.25, 0.3) is 0 Å². The lowest BCUT2D eigenvalue weighted by Gasteiger charge is -2.12. The van der Waals surface area contributed by atoms with Crippen LogP contribution in [-0.2, 0) is 5.75 Å². The van der Waals surface area contributed by atoms with Crippen LogP contribution in [-0.4, -0.2) is 9.97 Å². The van der Waals surface area contributed by atoms with Gasteiger partial charge < -0.3 is 0 Å². The summed E-state index contributed by atoms with van der Waals surface area (Å²) >= 11 is 11.4. The second kappa shape index (κ2) is 6.92. The van der Waals surface area contributed by atoms with Crippen LogP contribution in [0.1, 0.15) is 36.8 Å². The molecule has 1 aromatic carbocycles. The van der Waals surface area contributed by atoms with Crippen molar-refractivity contribution in [2.45, 2.75) is 37.3 Å². The van der Waals surface area contributed by atoms with E-state index in [9.17, 15) is 0 Å². The van der Waals surface area contributed by atoms with Gasteiger partial charge in [0.05, 0.1) is 5.75 Å². The Morgan fingerprint density at radius 1 is 1.20 bits per heavy atom. The van der Waals surface area contributed by atoms with Gasteiger partial charge in [-0.1, -0.05) is 41.4 Å². The molecule has 2 nitrogen and oxygen atoms in total. The third kappa shape index (κ3) is 3.96. The molecule has 0 saturated carbocycles. The van der Waals surface area contributed by atoms with E-state index in [1.54, 1.807) is 11.8 Å². The number of aryl methyl sites for hydroxylation is 1. The van der Waals surface area contributed by atoms with E-state index >= 15 is 0 Å². The molecular formula is C15H16BrClN2S. The molecule has 0 fully saturated rings. The number of hydrogen-bond acceptors (Lipinski definition) is 3. The van der Waals surface area contributed by atoms with Crippen molar-refractivity contribution in [2.75, 3.05) is 0 Å². The average Bonchev–Trinajstić information content (AvgIpc) is 2.37.